The van der Waals surface area contributed by atoms with Gasteiger partial charge in [-0.2, -0.15) is 0 Å². The monoisotopic (exact) mass is 434 g/mol. The Morgan fingerprint density at radius 3 is 2.62 bits per heavy atom. The molecule has 0 fully saturated rings. The third-order valence-corrected chi connectivity index (χ3v) is 6.19. The van der Waals surface area contributed by atoms with Crippen molar-refractivity contribution in [2.75, 3.05) is 6.54 Å². The van der Waals surface area contributed by atoms with Gasteiger partial charge in [-0.25, -0.2) is 4.79 Å². The molecule has 0 saturated carbocycles. The zero-order chi connectivity index (χ0) is 22.5. The van der Waals surface area contributed by atoms with Gasteiger partial charge in [-0.15, -0.1) is 0 Å². The second-order valence-corrected chi connectivity index (χ2v) is 8.42. The van der Waals surface area contributed by atoms with Crippen molar-refractivity contribution in [1.29, 1.82) is 0 Å². The highest BCUT2D eigenvalue weighted by atomic mass is 16.4. The average molecular weight is 435 g/mol. The van der Waals surface area contributed by atoms with Crippen LogP contribution in [0, 0.1) is 0 Å². The predicted molar refractivity (Wildman–Crippen MR) is 124 cm³/mol. The van der Waals surface area contributed by atoms with Crippen LogP contribution in [0.15, 0.2) is 54.6 Å². The molecule has 3 aromatic rings. The van der Waals surface area contributed by atoms with Crippen molar-refractivity contribution < 1.29 is 14.7 Å². The van der Waals surface area contributed by atoms with Gasteiger partial charge in [-0.3, -0.25) is 9.69 Å². The molecule has 0 saturated heterocycles. The van der Waals surface area contributed by atoms with E-state index >= 15 is 0 Å². The lowest BCUT2D eigenvalue weighted by Crippen LogP contribution is -2.53. The quantitative estimate of drug-likeness (QED) is 0.387. The fourth-order valence-corrected chi connectivity index (χ4v) is 4.52. The number of amides is 1. The number of nitrogens with two attached hydrogens (primary N) is 1. The first-order valence-corrected chi connectivity index (χ1v) is 11.2. The Labute approximate surface area is 187 Å². The van der Waals surface area contributed by atoms with Gasteiger partial charge in [-0.05, 0) is 49.4 Å². The van der Waals surface area contributed by atoms with Crippen LogP contribution in [0.2, 0.25) is 0 Å². The summed E-state index contributed by atoms with van der Waals surface area (Å²) in [7, 11) is 0. The van der Waals surface area contributed by atoms with Crippen LogP contribution in [-0.2, 0) is 29.1 Å². The largest absolute Gasteiger partial charge is 0.480 e. The van der Waals surface area contributed by atoms with Crippen LogP contribution < -0.4 is 11.1 Å². The summed E-state index contributed by atoms with van der Waals surface area (Å²) in [6, 6.07) is 16.8. The molecule has 7 nitrogen and oxygen atoms in total. The van der Waals surface area contributed by atoms with Crippen molar-refractivity contribution in [2.24, 2.45) is 5.73 Å². The number of aliphatic carboxylic acids is 1. The lowest BCUT2D eigenvalue weighted by Gasteiger charge is -2.35. The van der Waals surface area contributed by atoms with E-state index in [1.165, 1.54) is 0 Å². The topological polar surface area (TPSA) is 111 Å². The molecule has 7 heteroatoms. The maximum absolute atomic E-state index is 13.4. The van der Waals surface area contributed by atoms with Gasteiger partial charge in [0.25, 0.3) is 0 Å². The normalized spacial score (nSPS) is 17.1. The van der Waals surface area contributed by atoms with E-state index in [4.69, 9.17) is 5.73 Å². The van der Waals surface area contributed by atoms with Crippen molar-refractivity contribution in [1.82, 2.24) is 15.2 Å². The van der Waals surface area contributed by atoms with E-state index in [-0.39, 0.29) is 5.91 Å². The van der Waals surface area contributed by atoms with Crippen molar-refractivity contribution in [3.05, 3.63) is 71.4 Å². The number of unbranched alkanes of at least 4 members (excludes halogenated alkanes) is 1. The Balaban J connectivity index is 1.59. The Kier molecular flexibility index (Phi) is 6.87. The number of aromatic nitrogens is 1. The van der Waals surface area contributed by atoms with Crippen molar-refractivity contribution in [3.8, 4) is 0 Å². The maximum Gasteiger partial charge on any atom is 0.326 e. The number of para-hydroxylation sites is 1. The van der Waals surface area contributed by atoms with E-state index in [1.807, 2.05) is 48.5 Å². The number of nitrogens with zero attached hydrogens (tertiary/aromatic N) is 1. The molecule has 32 heavy (non-hydrogen) atoms. The van der Waals surface area contributed by atoms with E-state index in [0.29, 0.717) is 38.9 Å². The summed E-state index contributed by atoms with van der Waals surface area (Å²) < 4.78 is 0. The van der Waals surface area contributed by atoms with E-state index < -0.39 is 18.1 Å². The molecule has 4 rings (SSSR count). The van der Waals surface area contributed by atoms with Crippen LogP contribution in [0.25, 0.3) is 10.9 Å². The van der Waals surface area contributed by atoms with Crippen LogP contribution in [0.3, 0.4) is 0 Å². The number of hydrogen-bond donors (Lipinski definition) is 4. The summed E-state index contributed by atoms with van der Waals surface area (Å²) in [6.45, 7) is 1.72. The molecule has 5 N–H and O–H groups in total. The number of rotatable bonds is 9. The number of carboxylic acids is 1. The standard InChI is InChI=1S/C25H30N4O3/c26-13-7-6-12-21(25(31)32)28-24(30)23-14-19-18-10-4-5-11-20(18)27-22(19)16-29(23)15-17-8-2-1-3-9-17/h1-5,8-11,21,23,27H,6-7,12-16,26H2,(H,28,30)(H,31,32). The van der Waals surface area contributed by atoms with Crippen molar-refractivity contribution in [2.45, 2.75) is 50.9 Å². The minimum absolute atomic E-state index is 0.239. The lowest BCUT2D eigenvalue weighted by molar-refractivity contribution is -0.143. The number of nitrogens with one attached hydrogen (secondary N) is 2. The second-order valence-electron chi connectivity index (χ2n) is 8.42. The molecule has 0 aliphatic carbocycles. The number of hydrogen-bond acceptors (Lipinski definition) is 4. The molecule has 1 aromatic heterocycles. The second kappa shape index (κ2) is 9.97. The molecule has 0 spiro atoms. The first-order chi connectivity index (χ1) is 15.6. The van der Waals surface area contributed by atoms with Gasteiger partial charge in [0, 0.05) is 29.7 Å². The minimum Gasteiger partial charge on any atom is -0.480 e. The smallest absolute Gasteiger partial charge is 0.326 e. The zero-order valence-electron chi connectivity index (χ0n) is 18.1. The summed E-state index contributed by atoms with van der Waals surface area (Å²) in [5.74, 6) is -1.24. The van der Waals surface area contributed by atoms with Crippen LogP contribution in [-0.4, -0.2) is 45.5 Å². The Morgan fingerprint density at radius 1 is 1.12 bits per heavy atom. The predicted octanol–water partition coefficient (Wildman–Crippen LogP) is 2.79. The van der Waals surface area contributed by atoms with Gasteiger partial charge in [0.05, 0.1) is 6.04 Å². The zero-order valence-corrected chi connectivity index (χ0v) is 18.1. The highest BCUT2D eigenvalue weighted by molar-refractivity contribution is 5.90. The summed E-state index contributed by atoms with van der Waals surface area (Å²) >= 11 is 0. The summed E-state index contributed by atoms with van der Waals surface area (Å²) in [5, 5.41) is 13.5. The van der Waals surface area contributed by atoms with Gasteiger partial charge in [0.2, 0.25) is 5.91 Å². The Bertz CT molecular complexity index is 1080. The molecule has 168 valence electrons. The minimum atomic E-state index is -1.01. The van der Waals surface area contributed by atoms with Crippen LogP contribution in [0.5, 0.6) is 0 Å². The number of carbonyl (C=O) groups is 2. The van der Waals surface area contributed by atoms with E-state index in [2.05, 4.69) is 21.3 Å². The van der Waals surface area contributed by atoms with Gasteiger partial charge >= 0.3 is 5.97 Å². The SMILES string of the molecule is NCCCCC(NC(=O)C1Cc2c([nH]c3ccccc23)CN1Cc1ccccc1)C(=O)O. The summed E-state index contributed by atoms with van der Waals surface area (Å²) in [5.41, 5.74) is 9.96. The number of H-pyrrole nitrogens is 1. The van der Waals surface area contributed by atoms with Gasteiger partial charge in [0.15, 0.2) is 0 Å². The highest BCUT2D eigenvalue weighted by Crippen LogP contribution is 2.31. The number of benzene rings is 2. The Hall–Kier alpha value is -3.16. The summed E-state index contributed by atoms with van der Waals surface area (Å²) in [6.07, 6.45) is 2.32. The number of carboxylic acid groups (broad SMARTS) is 1. The molecule has 0 bridgehead atoms. The van der Waals surface area contributed by atoms with Crippen LogP contribution >= 0.6 is 0 Å². The molecule has 0 radical (unpaired) electrons. The van der Waals surface area contributed by atoms with E-state index in [0.717, 1.165) is 34.1 Å². The van der Waals surface area contributed by atoms with Crippen molar-refractivity contribution in [3.63, 3.8) is 0 Å². The molecular weight excluding hydrogens is 404 g/mol. The van der Waals surface area contributed by atoms with E-state index in [1.54, 1.807) is 0 Å². The van der Waals surface area contributed by atoms with Gasteiger partial charge < -0.3 is 21.1 Å². The first kappa shape index (κ1) is 22.0. The average Bonchev–Trinajstić information content (AvgIpc) is 3.16. The fourth-order valence-electron chi connectivity index (χ4n) is 4.52. The van der Waals surface area contributed by atoms with Gasteiger partial charge in [-0.1, -0.05) is 48.5 Å². The molecule has 2 atom stereocenters. The van der Waals surface area contributed by atoms with Crippen LogP contribution in [0.1, 0.15) is 36.1 Å². The number of aromatic amines is 1. The third-order valence-electron chi connectivity index (χ3n) is 6.19. The molecular formula is C25H30N4O3. The highest BCUT2D eigenvalue weighted by Gasteiger charge is 2.35. The number of carbonyl (C=O) groups excluding carboxylic acids is 1. The molecule has 2 unspecified atom stereocenters. The van der Waals surface area contributed by atoms with Gasteiger partial charge in [0.1, 0.15) is 6.04 Å². The first-order valence-electron chi connectivity index (χ1n) is 11.2. The molecule has 1 aliphatic rings. The molecule has 1 amide bonds. The van der Waals surface area contributed by atoms with Crippen LogP contribution in [0.4, 0.5) is 0 Å². The molecule has 1 aliphatic heterocycles. The van der Waals surface area contributed by atoms with Crippen molar-refractivity contribution >= 4 is 22.8 Å². The lowest BCUT2D eigenvalue weighted by atomic mass is 9.95. The maximum atomic E-state index is 13.4. The summed E-state index contributed by atoms with van der Waals surface area (Å²) in [4.78, 5) is 30.7. The number of fused-ring (bicyclic) bond motifs is 3. The molecule has 2 heterocycles. The third kappa shape index (κ3) is 4.84. The van der Waals surface area contributed by atoms with E-state index in [9.17, 15) is 14.7 Å². The Morgan fingerprint density at radius 2 is 1.88 bits per heavy atom. The molecule has 2 aromatic carbocycles. The fraction of sp³-hybridized carbons (Fsp3) is 0.360.